The number of ether oxygens (including phenoxy) is 2. The summed E-state index contributed by atoms with van der Waals surface area (Å²) < 4.78 is 11.1. The highest BCUT2D eigenvalue weighted by molar-refractivity contribution is 5.76. The van der Waals surface area contributed by atoms with Gasteiger partial charge < -0.3 is 40.3 Å². The van der Waals surface area contributed by atoms with Crippen LogP contribution in [-0.2, 0) is 14.3 Å². The molecule has 0 radical (unpaired) electrons. The summed E-state index contributed by atoms with van der Waals surface area (Å²) in [7, 11) is 0. The van der Waals surface area contributed by atoms with E-state index in [0.717, 1.165) is 38.5 Å². The SMILES string of the molecule is CCCCCCCCCCCCCCCCC/C=C/[C@@H](O)[C@H](CO[C@@H]1O[C@H](CO)[C@@H](O)C(O)C1O)NC(=O)CCCCCCCCCC. The van der Waals surface area contributed by atoms with Crippen molar-refractivity contribution in [2.24, 2.45) is 0 Å². The quantitative estimate of drug-likeness (QED) is 0.0328. The lowest BCUT2D eigenvalue weighted by atomic mass is 9.99. The van der Waals surface area contributed by atoms with Gasteiger partial charge in [-0.3, -0.25) is 4.79 Å². The van der Waals surface area contributed by atoms with Crippen molar-refractivity contribution < 1.29 is 39.8 Å². The number of allylic oxidation sites excluding steroid dienone is 1. The Kier molecular flexibility index (Phi) is 28.8. The molecule has 9 heteroatoms. The molecule has 7 atom stereocenters. The molecule has 284 valence electrons. The highest BCUT2D eigenvalue weighted by Crippen LogP contribution is 2.22. The van der Waals surface area contributed by atoms with Crippen LogP contribution < -0.4 is 5.32 Å². The first-order chi connectivity index (χ1) is 23.3. The number of hydrogen-bond acceptors (Lipinski definition) is 8. The van der Waals surface area contributed by atoms with E-state index in [4.69, 9.17) is 9.47 Å². The number of carbonyl (C=O) groups excluding carboxylic acids is 1. The minimum absolute atomic E-state index is 0.182. The highest BCUT2D eigenvalue weighted by Gasteiger charge is 2.44. The molecule has 48 heavy (non-hydrogen) atoms. The number of carbonyl (C=O) groups is 1. The van der Waals surface area contributed by atoms with Gasteiger partial charge in [0.15, 0.2) is 6.29 Å². The smallest absolute Gasteiger partial charge is 0.220 e. The van der Waals surface area contributed by atoms with Crippen molar-refractivity contribution in [2.75, 3.05) is 13.2 Å². The molecule has 1 saturated heterocycles. The van der Waals surface area contributed by atoms with Crippen molar-refractivity contribution in [2.45, 2.75) is 217 Å². The van der Waals surface area contributed by atoms with Gasteiger partial charge in [0.2, 0.25) is 5.91 Å². The monoisotopic (exact) mass is 686 g/mol. The molecule has 0 saturated carbocycles. The molecule has 9 nitrogen and oxygen atoms in total. The van der Waals surface area contributed by atoms with Crippen LogP contribution in [0, 0.1) is 0 Å². The maximum atomic E-state index is 12.8. The van der Waals surface area contributed by atoms with Crippen molar-refractivity contribution in [1.29, 1.82) is 0 Å². The number of rotatable bonds is 32. The average Bonchev–Trinajstić information content (AvgIpc) is 3.08. The molecule has 6 N–H and O–H groups in total. The Bertz CT molecular complexity index is 766. The molecule has 1 fully saturated rings. The molecule has 1 amide bonds. The molecule has 0 aromatic heterocycles. The van der Waals surface area contributed by atoms with Crippen molar-refractivity contribution in [1.82, 2.24) is 5.32 Å². The molecule has 0 bridgehead atoms. The van der Waals surface area contributed by atoms with Crippen LogP contribution in [0.25, 0.3) is 0 Å². The molecule has 1 heterocycles. The number of nitrogens with one attached hydrogen (secondary N) is 1. The van der Waals surface area contributed by atoms with Crippen molar-refractivity contribution in [3.05, 3.63) is 12.2 Å². The first-order valence-corrected chi connectivity index (χ1v) is 19.9. The van der Waals surface area contributed by atoms with Gasteiger partial charge in [-0.25, -0.2) is 0 Å². The molecule has 1 aliphatic rings. The number of aliphatic hydroxyl groups is 5. The molecule has 2 unspecified atom stereocenters. The predicted molar refractivity (Wildman–Crippen MR) is 194 cm³/mol. The van der Waals surface area contributed by atoms with Gasteiger partial charge in [0, 0.05) is 6.42 Å². The zero-order valence-corrected chi connectivity index (χ0v) is 30.7. The molecule has 0 aromatic rings. The summed E-state index contributed by atoms with van der Waals surface area (Å²) in [6.07, 6.45) is 25.5. The molecule has 0 aliphatic carbocycles. The van der Waals surface area contributed by atoms with Crippen LogP contribution >= 0.6 is 0 Å². The van der Waals surface area contributed by atoms with E-state index in [1.807, 2.05) is 6.08 Å². The Hall–Kier alpha value is -1.07. The summed E-state index contributed by atoms with van der Waals surface area (Å²) in [6.45, 7) is 3.72. The topological polar surface area (TPSA) is 149 Å². The summed E-state index contributed by atoms with van der Waals surface area (Å²) >= 11 is 0. The van der Waals surface area contributed by atoms with Gasteiger partial charge in [0.05, 0.1) is 25.4 Å². The van der Waals surface area contributed by atoms with E-state index in [2.05, 4.69) is 19.2 Å². The lowest BCUT2D eigenvalue weighted by Crippen LogP contribution is -2.60. The van der Waals surface area contributed by atoms with Gasteiger partial charge >= 0.3 is 0 Å². The number of hydrogen-bond donors (Lipinski definition) is 6. The second-order valence-corrected chi connectivity index (χ2v) is 14.1. The van der Waals surface area contributed by atoms with E-state index in [1.54, 1.807) is 6.08 Å². The van der Waals surface area contributed by atoms with Crippen LogP contribution in [0.4, 0.5) is 0 Å². The van der Waals surface area contributed by atoms with Gasteiger partial charge in [-0.15, -0.1) is 0 Å². The van der Waals surface area contributed by atoms with Crippen LogP contribution in [0.15, 0.2) is 12.2 Å². The Morgan fingerprint density at radius 1 is 0.688 bits per heavy atom. The summed E-state index contributed by atoms with van der Waals surface area (Å²) in [4.78, 5) is 12.8. The van der Waals surface area contributed by atoms with Gasteiger partial charge in [-0.05, 0) is 19.3 Å². The fourth-order valence-corrected chi connectivity index (χ4v) is 6.33. The lowest BCUT2D eigenvalue weighted by Gasteiger charge is -2.40. The van der Waals surface area contributed by atoms with E-state index in [-0.39, 0.29) is 12.5 Å². The molecular formula is C39H75NO8. The maximum absolute atomic E-state index is 12.8. The Balaban J connectivity index is 2.39. The van der Waals surface area contributed by atoms with E-state index < -0.39 is 49.5 Å². The third-order valence-corrected chi connectivity index (χ3v) is 9.61. The van der Waals surface area contributed by atoms with Crippen molar-refractivity contribution in [3.63, 3.8) is 0 Å². The van der Waals surface area contributed by atoms with Crippen LogP contribution in [0.3, 0.4) is 0 Å². The second kappa shape index (κ2) is 30.7. The first-order valence-electron chi connectivity index (χ1n) is 19.9. The number of aliphatic hydroxyl groups excluding tert-OH is 5. The first kappa shape index (κ1) is 45.0. The summed E-state index contributed by atoms with van der Waals surface area (Å²) in [5.41, 5.74) is 0. The van der Waals surface area contributed by atoms with Crippen LogP contribution in [-0.4, -0.2) is 87.5 Å². The van der Waals surface area contributed by atoms with E-state index in [0.29, 0.717) is 6.42 Å². The zero-order valence-electron chi connectivity index (χ0n) is 30.7. The summed E-state index contributed by atoms with van der Waals surface area (Å²) in [6, 6.07) is -0.795. The molecule has 0 spiro atoms. The highest BCUT2D eigenvalue weighted by atomic mass is 16.7. The van der Waals surface area contributed by atoms with Crippen LogP contribution in [0.5, 0.6) is 0 Å². The van der Waals surface area contributed by atoms with Crippen LogP contribution in [0.2, 0.25) is 0 Å². The number of unbranched alkanes of at least 4 members (excludes halogenated alkanes) is 22. The fourth-order valence-electron chi connectivity index (χ4n) is 6.33. The largest absolute Gasteiger partial charge is 0.394 e. The number of amides is 1. The Morgan fingerprint density at radius 3 is 1.62 bits per heavy atom. The Morgan fingerprint density at radius 2 is 1.15 bits per heavy atom. The third kappa shape index (κ3) is 21.9. The van der Waals surface area contributed by atoms with Crippen LogP contribution in [0.1, 0.15) is 174 Å². The standard InChI is InChI=1S/C39H75NO8/c1-3-5-7-9-11-13-14-15-16-17-18-19-20-21-22-24-26-28-33(42)32(40-35(43)29-27-25-23-12-10-8-6-4-2)31-47-39-38(46)37(45)36(44)34(30-41)48-39/h26,28,32-34,36-39,41-42,44-46H,3-25,27,29-31H2,1-2H3,(H,40,43)/b28-26+/t32-,33+,34+,36+,37?,38?,39+/m0/s1. The molecular weight excluding hydrogens is 610 g/mol. The average molecular weight is 686 g/mol. The summed E-state index contributed by atoms with van der Waals surface area (Å²) in [5, 5.41) is 53.8. The zero-order chi connectivity index (χ0) is 35.2. The normalized spacial score (nSPS) is 22.7. The minimum atomic E-state index is -1.56. The van der Waals surface area contributed by atoms with Crippen molar-refractivity contribution >= 4 is 5.91 Å². The lowest BCUT2D eigenvalue weighted by molar-refractivity contribution is -0.302. The van der Waals surface area contributed by atoms with Crippen molar-refractivity contribution in [3.8, 4) is 0 Å². The fraction of sp³-hybridized carbons (Fsp3) is 0.923. The van der Waals surface area contributed by atoms with E-state index in [1.165, 1.54) is 116 Å². The second-order valence-electron chi connectivity index (χ2n) is 14.1. The Labute approximate surface area is 293 Å². The molecule has 1 aliphatic heterocycles. The molecule has 1 rings (SSSR count). The van der Waals surface area contributed by atoms with E-state index >= 15 is 0 Å². The van der Waals surface area contributed by atoms with Gasteiger partial charge in [0.1, 0.15) is 24.4 Å². The van der Waals surface area contributed by atoms with E-state index in [9.17, 15) is 30.3 Å². The maximum Gasteiger partial charge on any atom is 0.220 e. The van der Waals surface area contributed by atoms with Gasteiger partial charge in [-0.2, -0.15) is 0 Å². The van der Waals surface area contributed by atoms with Gasteiger partial charge in [-0.1, -0.05) is 161 Å². The predicted octanol–water partition coefficient (Wildman–Crippen LogP) is 7.00. The summed E-state index contributed by atoms with van der Waals surface area (Å²) in [5.74, 6) is -0.182. The van der Waals surface area contributed by atoms with Gasteiger partial charge in [0.25, 0.3) is 0 Å². The molecule has 0 aromatic carbocycles. The minimum Gasteiger partial charge on any atom is -0.394 e. The third-order valence-electron chi connectivity index (χ3n) is 9.61.